The molecule has 0 unspecified atom stereocenters. The maximum absolute atomic E-state index is 12.1. The van der Waals surface area contributed by atoms with Gasteiger partial charge in [0.05, 0.1) is 6.42 Å². The van der Waals surface area contributed by atoms with Crippen LogP contribution in [0.5, 0.6) is 0 Å². The second-order valence-electron chi connectivity index (χ2n) is 5.57. The van der Waals surface area contributed by atoms with E-state index in [2.05, 4.69) is 20.1 Å². The van der Waals surface area contributed by atoms with Crippen molar-refractivity contribution in [2.75, 3.05) is 13.2 Å². The summed E-state index contributed by atoms with van der Waals surface area (Å²) in [6.07, 6.45) is -1.07. The van der Waals surface area contributed by atoms with Crippen molar-refractivity contribution in [2.24, 2.45) is 0 Å². The van der Waals surface area contributed by atoms with Crippen LogP contribution in [0.3, 0.4) is 0 Å². The topological polar surface area (TPSA) is 111 Å². The molecule has 0 radical (unpaired) electrons. The minimum atomic E-state index is -1.79. The molecule has 1 fully saturated rings. The quantitative estimate of drug-likeness (QED) is 0.357. The fraction of sp³-hybridized carbons (Fsp3) is 0.375. The van der Waals surface area contributed by atoms with Crippen molar-refractivity contribution < 1.29 is 28.7 Å². The van der Waals surface area contributed by atoms with E-state index in [1.54, 1.807) is 24.3 Å². The smallest absolute Gasteiger partial charge is 0.430 e. The predicted octanol–water partition coefficient (Wildman–Crippen LogP) is 1.95. The Balaban J connectivity index is 1.72. The molecule has 1 aliphatic rings. The second kappa shape index (κ2) is 10.2. The van der Waals surface area contributed by atoms with Crippen LogP contribution < -0.4 is 10.6 Å². The summed E-state index contributed by atoms with van der Waals surface area (Å²) in [4.78, 5) is 46.9. The van der Waals surface area contributed by atoms with Gasteiger partial charge in [-0.1, -0.05) is 76.9 Å². The van der Waals surface area contributed by atoms with E-state index in [0.717, 1.165) is 5.56 Å². The van der Waals surface area contributed by atoms with Crippen LogP contribution >= 0.6 is 46.6 Å². The SMILES string of the molecule is O=C(Cc1ccccc1)N[C@H]1C(=O)N[C@H]1SC(=O)COC(=O)OCC(Cl)(Cl)Cl. The number of thioether (sulfide) groups is 1. The van der Waals surface area contributed by atoms with E-state index >= 15 is 0 Å². The zero-order valence-corrected chi connectivity index (χ0v) is 17.2. The fourth-order valence-corrected chi connectivity index (χ4v) is 3.15. The van der Waals surface area contributed by atoms with E-state index in [9.17, 15) is 19.2 Å². The summed E-state index contributed by atoms with van der Waals surface area (Å²) < 4.78 is 7.30. The maximum atomic E-state index is 12.1. The van der Waals surface area contributed by atoms with Crippen molar-refractivity contribution in [1.82, 2.24) is 10.6 Å². The average molecular weight is 470 g/mol. The lowest BCUT2D eigenvalue weighted by atomic mass is 10.1. The van der Waals surface area contributed by atoms with Gasteiger partial charge in [0.25, 0.3) is 0 Å². The number of β-lactam (4-membered cyclic amide) rings is 1. The lowest BCUT2D eigenvalue weighted by Crippen LogP contribution is -2.68. The molecule has 2 atom stereocenters. The van der Waals surface area contributed by atoms with Crippen molar-refractivity contribution >= 4 is 69.6 Å². The number of nitrogens with one attached hydrogen (secondary N) is 2. The largest absolute Gasteiger partial charge is 0.508 e. The summed E-state index contributed by atoms with van der Waals surface area (Å²) in [5.74, 6) is -0.759. The van der Waals surface area contributed by atoms with Gasteiger partial charge in [-0.15, -0.1) is 0 Å². The van der Waals surface area contributed by atoms with Gasteiger partial charge < -0.3 is 20.1 Å². The van der Waals surface area contributed by atoms with Crippen LogP contribution in [0.15, 0.2) is 30.3 Å². The van der Waals surface area contributed by atoms with Gasteiger partial charge >= 0.3 is 6.16 Å². The van der Waals surface area contributed by atoms with Crippen LogP contribution in [-0.4, -0.2) is 51.5 Å². The summed E-state index contributed by atoms with van der Waals surface area (Å²) >= 11 is 16.9. The summed E-state index contributed by atoms with van der Waals surface area (Å²) in [5, 5.41) is 3.84. The Morgan fingerprint density at radius 3 is 2.43 bits per heavy atom. The number of halogens is 3. The molecule has 1 heterocycles. The van der Waals surface area contributed by atoms with Gasteiger partial charge in [0, 0.05) is 0 Å². The number of carbonyl (C=O) groups excluding carboxylic acids is 4. The van der Waals surface area contributed by atoms with Crippen molar-refractivity contribution in [3.05, 3.63) is 35.9 Å². The molecule has 2 amide bonds. The number of ether oxygens (including phenoxy) is 2. The molecule has 152 valence electrons. The Morgan fingerprint density at radius 2 is 1.82 bits per heavy atom. The third-order valence-corrected chi connectivity index (χ3v) is 4.67. The second-order valence-corrected chi connectivity index (χ2v) is 9.28. The van der Waals surface area contributed by atoms with E-state index in [1.807, 2.05) is 6.07 Å². The van der Waals surface area contributed by atoms with E-state index in [4.69, 9.17) is 34.8 Å². The molecule has 2 N–H and O–H groups in total. The van der Waals surface area contributed by atoms with Crippen LogP contribution in [0.4, 0.5) is 4.79 Å². The van der Waals surface area contributed by atoms with Crippen LogP contribution in [0.2, 0.25) is 0 Å². The highest BCUT2D eigenvalue weighted by Crippen LogP contribution is 2.26. The molecule has 0 spiro atoms. The number of hydrogen-bond donors (Lipinski definition) is 2. The zero-order valence-electron chi connectivity index (χ0n) is 14.2. The highest BCUT2D eigenvalue weighted by Gasteiger charge is 2.42. The van der Waals surface area contributed by atoms with Gasteiger partial charge in [-0.25, -0.2) is 4.79 Å². The molecular formula is C16H15Cl3N2O6S. The molecule has 1 aromatic carbocycles. The number of benzene rings is 1. The highest BCUT2D eigenvalue weighted by molar-refractivity contribution is 8.14. The van der Waals surface area contributed by atoms with Crippen molar-refractivity contribution in [2.45, 2.75) is 21.6 Å². The molecule has 1 aliphatic heterocycles. The molecule has 0 aliphatic carbocycles. The molecule has 0 saturated carbocycles. The van der Waals surface area contributed by atoms with Crippen LogP contribution in [-0.2, 0) is 30.3 Å². The van der Waals surface area contributed by atoms with E-state index in [-0.39, 0.29) is 12.3 Å². The first kappa shape index (κ1) is 22.6. The van der Waals surface area contributed by atoms with Gasteiger partial charge in [0.15, 0.2) is 6.61 Å². The van der Waals surface area contributed by atoms with Gasteiger partial charge in [-0.2, -0.15) is 0 Å². The van der Waals surface area contributed by atoms with E-state index < -0.39 is 45.6 Å². The molecule has 1 saturated heterocycles. The first-order valence-corrected chi connectivity index (χ1v) is 9.85. The monoisotopic (exact) mass is 468 g/mol. The number of carbonyl (C=O) groups is 4. The molecule has 28 heavy (non-hydrogen) atoms. The van der Waals surface area contributed by atoms with Crippen LogP contribution in [0, 0.1) is 0 Å². The molecule has 0 bridgehead atoms. The summed E-state index contributed by atoms with van der Waals surface area (Å²) in [7, 11) is 0. The Morgan fingerprint density at radius 1 is 1.14 bits per heavy atom. The minimum Gasteiger partial charge on any atom is -0.430 e. The standard InChI is InChI=1S/C16H15Cl3N2O6S/c17-16(18,19)8-27-15(25)26-7-11(23)28-14-12(13(24)21-14)20-10(22)6-9-4-2-1-3-5-9/h1-5,12,14H,6-8H2,(H,20,22)(H,21,24)/t12-,14-/m0/s1. The maximum Gasteiger partial charge on any atom is 0.508 e. The van der Waals surface area contributed by atoms with E-state index in [0.29, 0.717) is 11.8 Å². The Kier molecular flexibility index (Phi) is 8.23. The normalized spacial score (nSPS) is 18.5. The third kappa shape index (κ3) is 7.75. The Labute approximate surface area is 179 Å². The van der Waals surface area contributed by atoms with Gasteiger partial charge in [-0.05, 0) is 5.56 Å². The van der Waals surface area contributed by atoms with Gasteiger partial charge in [0.1, 0.15) is 18.0 Å². The first-order valence-electron chi connectivity index (χ1n) is 7.83. The molecule has 1 aromatic rings. The average Bonchev–Trinajstić information content (AvgIpc) is 2.63. The van der Waals surface area contributed by atoms with Crippen molar-refractivity contribution in [3.8, 4) is 0 Å². The lowest BCUT2D eigenvalue weighted by molar-refractivity contribution is -0.134. The van der Waals surface area contributed by atoms with Gasteiger partial charge in [-0.3, -0.25) is 14.4 Å². The minimum absolute atomic E-state index is 0.105. The molecule has 2 rings (SSSR count). The Hall–Kier alpha value is -1.68. The van der Waals surface area contributed by atoms with Crippen LogP contribution in [0.1, 0.15) is 5.56 Å². The molecule has 8 nitrogen and oxygen atoms in total. The number of hydrogen-bond acceptors (Lipinski definition) is 7. The molecule has 0 aromatic heterocycles. The Bertz CT molecular complexity index is 744. The summed E-state index contributed by atoms with van der Waals surface area (Å²) in [5.41, 5.74) is 0.793. The fourth-order valence-electron chi connectivity index (χ4n) is 2.07. The zero-order chi connectivity index (χ0) is 20.7. The van der Waals surface area contributed by atoms with Crippen molar-refractivity contribution in [1.29, 1.82) is 0 Å². The molecular weight excluding hydrogens is 455 g/mol. The summed E-state index contributed by atoms with van der Waals surface area (Å²) in [6.45, 7) is -1.15. The third-order valence-electron chi connectivity index (χ3n) is 3.31. The lowest BCUT2D eigenvalue weighted by Gasteiger charge is -2.35. The van der Waals surface area contributed by atoms with Crippen molar-refractivity contribution in [3.63, 3.8) is 0 Å². The van der Waals surface area contributed by atoms with E-state index in [1.165, 1.54) is 0 Å². The number of rotatable bonds is 7. The predicted molar refractivity (Wildman–Crippen MR) is 104 cm³/mol. The van der Waals surface area contributed by atoms with Crippen LogP contribution in [0.25, 0.3) is 0 Å². The number of amides is 2. The first-order chi connectivity index (χ1) is 13.1. The number of alkyl halides is 3. The summed E-state index contributed by atoms with van der Waals surface area (Å²) in [6, 6.07) is 8.14. The molecule has 12 heteroatoms. The van der Waals surface area contributed by atoms with Gasteiger partial charge in [0.2, 0.25) is 20.7 Å². The highest BCUT2D eigenvalue weighted by atomic mass is 35.6.